The van der Waals surface area contributed by atoms with E-state index in [0.717, 1.165) is 12.1 Å². The van der Waals surface area contributed by atoms with E-state index < -0.39 is 0 Å². The molecule has 2 saturated heterocycles. The average molecular weight is 290 g/mol. The molecule has 7 heteroatoms. The molecule has 21 heavy (non-hydrogen) atoms. The van der Waals surface area contributed by atoms with Crippen LogP contribution in [0.4, 0.5) is 5.69 Å². The predicted octanol–water partition coefficient (Wildman–Crippen LogP) is 0.0784. The number of amides is 2. The normalized spacial score (nSPS) is 25.1. The van der Waals surface area contributed by atoms with Crippen molar-refractivity contribution in [3.63, 3.8) is 0 Å². The van der Waals surface area contributed by atoms with Crippen molar-refractivity contribution in [1.82, 2.24) is 14.9 Å². The molecule has 1 aromatic heterocycles. The minimum Gasteiger partial charge on any atom is -0.375 e. The lowest BCUT2D eigenvalue weighted by molar-refractivity contribution is -0.134. The molecule has 112 valence electrons. The third-order valence-electron chi connectivity index (χ3n) is 4.24. The number of likely N-dealkylation sites (tertiary alicyclic amines) is 1. The van der Waals surface area contributed by atoms with E-state index in [0.29, 0.717) is 26.1 Å². The van der Waals surface area contributed by atoms with Gasteiger partial charge in [-0.1, -0.05) is 0 Å². The van der Waals surface area contributed by atoms with Crippen LogP contribution in [0.5, 0.6) is 0 Å². The molecule has 7 nitrogen and oxygen atoms in total. The number of ether oxygens (including phenoxy) is 1. The van der Waals surface area contributed by atoms with Crippen LogP contribution in [0.25, 0.3) is 0 Å². The Balaban J connectivity index is 1.72. The fourth-order valence-corrected chi connectivity index (χ4v) is 3.20. The number of anilines is 1. The Labute approximate surface area is 122 Å². The summed E-state index contributed by atoms with van der Waals surface area (Å²) in [5.41, 5.74) is 0.581. The highest BCUT2D eigenvalue weighted by atomic mass is 16.5. The second kappa shape index (κ2) is 5.40. The van der Waals surface area contributed by atoms with Crippen LogP contribution >= 0.6 is 0 Å². The summed E-state index contributed by atoms with van der Waals surface area (Å²) in [4.78, 5) is 35.6. The van der Waals surface area contributed by atoms with Gasteiger partial charge in [-0.2, -0.15) is 0 Å². The van der Waals surface area contributed by atoms with Crippen molar-refractivity contribution in [2.45, 2.75) is 12.8 Å². The molecule has 0 unspecified atom stereocenters. The smallest absolute Gasteiger partial charge is 0.248 e. The fourth-order valence-electron chi connectivity index (χ4n) is 3.20. The van der Waals surface area contributed by atoms with Crippen LogP contribution in [0, 0.1) is 5.41 Å². The van der Waals surface area contributed by atoms with Crippen molar-refractivity contribution in [3.05, 3.63) is 18.7 Å². The number of hydrogen-bond acceptors (Lipinski definition) is 5. The molecule has 3 heterocycles. The second-order valence-electron chi connectivity index (χ2n) is 5.75. The maximum absolute atomic E-state index is 12.3. The van der Waals surface area contributed by atoms with E-state index in [-0.39, 0.29) is 23.8 Å². The summed E-state index contributed by atoms with van der Waals surface area (Å²) in [6.07, 6.45) is 6.05. The summed E-state index contributed by atoms with van der Waals surface area (Å²) in [6.45, 7) is 2.02. The molecule has 2 amide bonds. The van der Waals surface area contributed by atoms with Crippen molar-refractivity contribution in [2.75, 3.05) is 38.3 Å². The fraction of sp³-hybridized carbons (Fsp3) is 0.571. The number of nitrogens with zero attached hydrogens (tertiary/aromatic N) is 4. The van der Waals surface area contributed by atoms with Gasteiger partial charge in [0.05, 0.1) is 18.1 Å². The molecule has 2 aliphatic rings. The maximum atomic E-state index is 12.3. The minimum absolute atomic E-state index is 0.0108. The van der Waals surface area contributed by atoms with E-state index in [9.17, 15) is 9.59 Å². The van der Waals surface area contributed by atoms with Gasteiger partial charge in [0.25, 0.3) is 0 Å². The highest BCUT2D eigenvalue weighted by molar-refractivity contribution is 5.96. The van der Waals surface area contributed by atoms with Crippen molar-refractivity contribution >= 4 is 17.5 Å². The molecule has 1 atom stereocenters. The van der Waals surface area contributed by atoms with Crippen LogP contribution in [0.15, 0.2) is 18.7 Å². The van der Waals surface area contributed by atoms with Gasteiger partial charge >= 0.3 is 0 Å². The number of aromatic nitrogens is 2. The minimum atomic E-state index is -0.143. The highest BCUT2D eigenvalue weighted by Crippen LogP contribution is 2.41. The van der Waals surface area contributed by atoms with Gasteiger partial charge in [-0.05, 0) is 6.42 Å². The number of carbonyl (C=O) groups is 2. The number of methoxy groups -OCH3 is 1. The van der Waals surface area contributed by atoms with Crippen LogP contribution in [0.2, 0.25) is 0 Å². The molecule has 0 bridgehead atoms. The van der Waals surface area contributed by atoms with Gasteiger partial charge in [-0.25, -0.2) is 9.97 Å². The molecule has 0 N–H and O–H groups in total. The lowest BCUT2D eigenvalue weighted by atomic mass is 9.86. The zero-order chi connectivity index (χ0) is 14.9. The number of hydrogen-bond donors (Lipinski definition) is 0. The van der Waals surface area contributed by atoms with Gasteiger partial charge in [0, 0.05) is 38.6 Å². The quantitative estimate of drug-likeness (QED) is 0.788. The largest absolute Gasteiger partial charge is 0.375 e. The molecule has 3 rings (SSSR count). The zero-order valence-electron chi connectivity index (χ0n) is 12.0. The number of carbonyl (C=O) groups excluding carboxylic acids is 2. The van der Waals surface area contributed by atoms with Crippen molar-refractivity contribution < 1.29 is 14.3 Å². The first kappa shape index (κ1) is 13.9. The van der Waals surface area contributed by atoms with E-state index in [2.05, 4.69) is 9.97 Å². The third-order valence-corrected chi connectivity index (χ3v) is 4.24. The maximum Gasteiger partial charge on any atom is 0.248 e. The molecule has 1 spiro atoms. The molecule has 0 aliphatic carbocycles. The standard InChI is InChI=1S/C14H18N4O3/c1-21-7-13(20)17-3-2-14(8-17)4-12(19)18(9-14)11-5-15-10-16-6-11/h5-6,10H,2-4,7-9H2,1H3/t14-/m0/s1. The molecule has 2 fully saturated rings. The summed E-state index contributed by atoms with van der Waals surface area (Å²) in [5, 5.41) is 0. The van der Waals surface area contributed by atoms with E-state index in [1.807, 2.05) is 0 Å². The lowest BCUT2D eigenvalue weighted by Gasteiger charge is -2.23. The highest BCUT2D eigenvalue weighted by Gasteiger charge is 2.48. The molecule has 0 radical (unpaired) electrons. The van der Waals surface area contributed by atoms with Gasteiger partial charge in [-0.15, -0.1) is 0 Å². The second-order valence-corrected chi connectivity index (χ2v) is 5.75. The van der Waals surface area contributed by atoms with Crippen LogP contribution in [0.1, 0.15) is 12.8 Å². The van der Waals surface area contributed by atoms with Crippen LogP contribution in [-0.2, 0) is 14.3 Å². The first-order valence-corrected chi connectivity index (χ1v) is 6.96. The van der Waals surface area contributed by atoms with E-state index in [4.69, 9.17) is 4.74 Å². The zero-order valence-corrected chi connectivity index (χ0v) is 12.0. The molecule has 0 saturated carbocycles. The summed E-state index contributed by atoms with van der Waals surface area (Å²) in [5.74, 6) is 0.0640. The Morgan fingerprint density at radius 2 is 2.14 bits per heavy atom. The summed E-state index contributed by atoms with van der Waals surface area (Å²) in [7, 11) is 1.51. The third kappa shape index (κ3) is 2.61. The number of rotatable bonds is 3. The summed E-state index contributed by atoms with van der Waals surface area (Å²) >= 11 is 0. The van der Waals surface area contributed by atoms with E-state index >= 15 is 0 Å². The molecular weight excluding hydrogens is 272 g/mol. The molecular formula is C14H18N4O3. The summed E-state index contributed by atoms with van der Waals surface area (Å²) in [6, 6.07) is 0. The Hall–Kier alpha value is -2.02. The topological polar surface area (TPSA) is 75.6 Å². The predicted molar refractivity (Wildman–Crippen MR) is 74.5 cm³/mol. The summed E-state index contributed by atoms with van der Waals surface area (Å²) < 4.78 is 4.89. The van der Waals surface area contributed by atoms with Crippen molar-refractivity contribution in [2.24, 2.45) is 5.41 Å². The molecule has 0 aromatic carbocycles. The Kier molecular flexibility index (Phi) is 3.59. The van der Waals surface area contributed by atoms with E-state index in [1.165, 1.54) is 13.4 Å². The van der Waals surface area contributed by atoms with Crippen LogP contribution < -0.4 is 4.90 Å². The molecule has 2 aliphatic heterocycles. The van der Waals surface area contributed by atoms with Gasteiger partial charge < -0.3 is 14.5 Å². The van der Waals surface area contributed by atoms with Gasteiger partial charge in [0.15, 0.2) is 0 Å². The average Bonchev–Trinajstić information content (AvgIpc) is 3.04. The monoisotopic (exact) mass is 290 g/mol. The first-order chi connectivity index (χ1) is 10.1. The van der Waals surface area contributed by atoms with Crippen molar-refractivity contribution in [1.29, 1.82) is 0 Å². The Morgan fingerprint density at radius 1 is 1.38 bits per heavy atom. The lowest BCUT2D eigenvalue weighted by Crippen LogP contribution is -2.35. The first-order valence-electron chi connectivity index (χ1n) is 6.96. The van der Waals surface area contributed by atoms with E-state index in [1.54, 1.807) is 22.2 Å². The Bertz CT molecular complexity index is 550. The Morgan fingerprint density at radius 3 is 2.86 bits per heavy atom. The van der Waals surface area contributed by atoms with Gasteiger partial charge in [0.1, 0.15) is 12.9 Å². The van der Waals surface area contributed by atoms with Crippen molar-refractivity contribution in [3.8, 4) is 0 Å². The van der Waals surface area contributed by atoms with Gasteiger partial charge in [-0.3, -0.25) is 9.59 Å². The van der Waals surface area contributed by atoms with Crippen LogP contribution in [0.3, 0.4) is 0 Å². The van der Waals surface area contributed by atoms with Gasteiger partial charge in [0.2, 0.25) is 11.8 Å². The molecule has 1 aromatic rings. The SMILES string of the molecule is COCC(=O)N1CC[C@]2(CC(=O)N(c3cncnc3)C2)C1. The van der Waals surface area contributed by atoms with Crippen LogP contribution in [-0.4, -0.2) is 60.0 Å².